The summed E-state index contributed by atoms with van der Waals surface area (Å²) in [5, 5.41) is 19.0. The molecule has 0 saturated heterocycles. The van der Waals surface area contributed by atoms with Gasteiger partial charge in [0.15, 0.2) is 17.3 Å². The van der Waals surface area contributed by atoms with E-state index in [0.717, 1.165) is 25.7 Å². The third-order valence-electron chi connectivity index (χ3n) is 7.03. The third kappa shape index (κ3) is 7.40. The number of aliphatic carboxylic acids is 2. The maximum Gasteiger partial charge on any atom is 0.306 e. The Morgan fingerprint density at radius 1 is 0.881 bits per heavy atom. The number of ether oxygens (including phenoxy) is 3. The third-order valence-corrected chi connectivity index (χ3v) is 8.78. The molecule has 2 heterocycles. The number of ketones is 1. The highest BCUT2D eigenvalue weighted by atomic mass is 79.9. The van der Waals surface area contributed by atoms with Gasteiger partial charge in [0.25, 0.3) is 0 Å². The lowest BCUT2D eigenvalue weighted by atomic mass is 10.0. The fourth-order valence-electron chi connectivity index (χ4n) is 4.51. The van der Waals surface area contributed by atoms with Crippen LogP contribution in [0.1, 0.15) is 53.9 Å². The molecule has 3 aromatic rings. The van der Waals surface area contributed by atoms with E-state index in [1.165, 1.54) is 25.2 Å². The molecular formula is C30H32BrNO9S. The Morgan fingerprint density at radius 3 is 2.10 bits per heavy atom. The van der Waals surface area contributed by atoms with E-state index in [-0.39, 0.29) is 24.5 Å². The normalized spacial score (nSPS) is 13.9. The summed E-state index contributed by atoms with van der Waals surface area (Å²) < 4.78 is 19.1. The molecule has 1 aromatic heterocycles. The summed E-state index contributed by atoms with van der Waals surface area (Å²) in [5.41, 5.74) is 1.87. The Balaban J connectivity index is 1.31. The second-order valence-corrected chi connectivity index (χ2v) is 12.3. The fourth-order valence-corrected chi connectivity index (χ4v) is 6.15. The zero-order chi connectivity index (χ0) is 30.6. The second-order valence-electron chi connectivity index (χ2n) is 10.3. The molecule has 42 heavy (non-hydrogen) atoms. The quantitative estimate of drug-likeness (QED) is 0.163. The van der Waals surface area contributed by atoms with Gasteiger partial charge in [-0.15, -0.1) is 11.3 Å². The van der Waals surface area contributed by atoms with Crippen LogP contribution in [0.5, 0.6) is 17.2 Å². The largest absolute Gasteiger partial charge is 0.493 e. The van der Waals surface area contributed by atoms with Crippen LogP contribution in [0.15, 0.2) is 34.8 Å². The van der Waals surface area contributed by atoms with Crippen molar-refractivity contribution < 1.29 is 43.6 Å². The van der Waals surface area contributed by atoms with Crippen LogP contribution in [0.2, 0.25) is 0 Å². The van der Waals surface area contributed by atoms with Gasteiger partial charge in [0.2, 0.25) is 5.91 Å². The minimum absolute atomic E-state index is 0.0510. The van der Waals surface area contributed by atoms with Crippen molar-refractivity contribution in [3.05, 3.63) is 50.8 Å². The zero-order valence-electron chi connectivity index (χ0n) is 23.5. The average molecular weight is 663 g/mol. The number of Topliss-reactive ketones (excluding diaryl/α,β-unsaturated/α-hetero) is 1. The number of thiophene rings is 1. The van der Waals surface area contributed by atoms with E-state index in [1.54, 1.807) is 18.1 Å². The Labute approximate surface area is 255 Å². The number of carbonyl (C=O) groups is 4. The average Bonchev–Trinajstić information content (AvgIpc) is 3.55. The number of halogens is 1. The minimum atomic E-state index is -0.996. The molecule has 1 amide bonds. The van der Waals surface area contributed by atoms with Crippen molar-refractivity contribution in [2.45, 2.75) is 46.2 Å². The van der Waals surface area contributed by atoms with Crippen molar-refractivity contribution in [1.82, 2.24) is 4.90 Å². The summed E-state index contributed by atoms with van der Waals surface area (Å²) in [5.74, 6) is -2.16. The van der Waals surface area contributed by atoms with Crippen LogP contribution >= 0.6 is 27.3 Å². The predicted molar refractivity (Wildman–Crippen MR) is 160 cm³/mol. The molecule has 0 saturated carbocycles. The van der Waals surface area contributed by atoms with Crippen molar-refractivity contribution in [2.75, 3.05) is 20.3 Å². The van der Waals surface area contributed by atoms with Gasteiger partial charge in [0.1, 0.15) is 5.75 Å². The Morgan fingerprint density at radius 2 is 1.48 bits per heavy atom. The summed E-state index contributed by atoms with van der Waals surface area (Å²) in [6.07, 6.45) is 0.470. The van der Waals surface area contributed by atoms with E-state index < -0.39 is 23.8 Å². The van der Waals surface area contributed by atoms with Crippen molar-refractivity contribution >= 4 is 61.0 Å². The molecule has 0 fully saturated rings. The van der Waals surface area contributed by atoms with E-state index >= 15 is 0 Å². The van der Waals surface area contributed by atoms with E-state index in [1.807, 2.05) is 24.3 Å². The number of amides is 1. The van der Waals surface area contributed by atoms with Crippen LogP contribution in [-0.4, -0.2) is 59.1 Å². The van der Waals surface area contributed by atoms with E-state index in [0.29, 0.717) is 54.8 Å². The number of carboxylic acids is 2. The summed E-state index contributed by atoms with van der Waals surface area (Å²) in [4.78, 5) is 49.5. The number of hydrogen-bond acceptors (Lipinski definition) is 8. The smallest absolute Gasteiger partial charge is 0.306 e. The SMILES string of the molecule is COc1cc2c(cc1OCCCOc1cc3cc(C(=O)CC(C)C(=O)O)sc3cc1Br)CN(C(=O)CC(C)C(=O)O)C2. The Hall–Kier alpha value is -3.64. The topological polar surface area (TPSA) is 140 Å². The highest BCUT2D eigenvalue weighted by molar-refractivity contribution is 9.10. The maximum absolute atomic E-state index is 12.6. The van der Waals surface area contributed by atoms with Crippen LogP contribution in [0, 0.1) is 11.8 Å². The standard InChI is InChI=1S/C30H32BrNO9S/c1-16(29(35)36)7-22(33)27-12-18-9-23(21(31)13-26(18)42-27)40-5-4-6-41-25-11-20-15-32(14-19(20)10-24(25)39-3)28(34)8-17(2)30(37)38/h9-13,16-17H,4-8,14-15H2,1-3H3,(H,35,36)(H,37,38). The highest BCUT2D eigenvalue weighted by Crippen LogP contribution is 2.37. The van der Waals surface area contributed by atoms with Crippen LogP contribution in [-0.2, 0) is 27.5 Å². The summed E-state index contributed by atoms with van der Waals surface area (Å²) in [6, 6.07) is 9.21. The summed E-state index contributed by atoms with van der Waals surface area (Å²) in [6.45, 7) is 4.54. The lowest BCUT2D eigenvalue weighted by molar-refractivity contribution is -0.145. The molecule has 1 aliphatic rings. The van der Waals surface area contributed by atoms with Crippen molar-refractivity contribution in [3.63, 3.8) is 0 Å². The number of benzene rings is 2. The van der Waals surface area contributed by atoms with Crippen LogP contribution in [0.25, 0.3) is 10.1 Å². The van der Waals surface area contributed by atoms with Gasteiger partial charge in [-0.1, -0.05) is 13.8 Å². The summed E-state index contributed by atoms with van der Waals surface area (Å²) in [7, 11) is 1.55. The number of methoxy groups -OCH3 is 1. The van der Waals surface area contributed by atoms with Crippen LogP contribution in [0.3, 0.4) is 0 Å². The summed E-state index contributed by atoms with van der Waals surface area (Å²) >= 11 is 4.85. The van der Waals surface area contributed by atoms with Gasteiger partial charge in [-0.25, -0.2) is 0 Å². The molecule has 0 bridgehead atoms. The molecule has 4 rings (SSSR count). The van der Waals surface area contributed by atoms with Gasteiger partial charge in [0, 0.05) is 37.1 Å². The van der Waals surface area contributed by atoms with Crippen LogP contribution in [0.4, 0.5) is 0 Å². The van der Waals surface area contributed by atoms with E-state index in [4.69, 9.17) is 24.4 Å². The van der Waals surface area contributed by atoms with Gasteiger partial charge in [-0.3, -0.25) is 19.2 Å². The number of carbonyl (C=O) groups excluding carboxylic acids is 2. The maximum atomic E-state index is 12.6. The molecule has 0 aliphatic carbocycles. The van der Waals surface area contributed by atoms with Crippen molar-refractivity contribution in [2.24, 2.45) is 11.8 Å². The van der Waals surface area contributed by atoms with E-state index in [9.17, 15) is 19.2 Å². The van der Waals surface area contributed by atoms with Crippen molar-refractivity contribution in [3.8, 4) is 17.2 Å². The number of hydrogen-bond donors (Lipinski definition) is 2. The zero-order valence-corrected chi connectivity index (χ0v) is 25.9. The first-order chi connectivity index (χ1) is 20.0. The first kappa shape index (κ1) is 31.3. The molecule has 0 spiro atoms. The molecule has 2 unspecified atom stereocenters. The number of rotatable bonds is 14. The lowest BCUT2D eigenvalue weighted by Crippen LogP contribution is -2.28. The number of carboxylic acid groups (broad SMARTS) is 2. The molecule has 2 atom stereocenters. The Bertz CT molecular complexity index is 1520. The minimum Gasteiger partial charge on any atom is -0.493 e. The number of nitrogens with zero attached hydrogens (tertiary/aromatic N) is 1. The van der Waals surface area contributed by atoms with Gasteiger partial charge >= 0.3 is 11.9 Å². The Kier molecular flexibility index (Phi) is 10.1. The lowest BCUT2D eigenvalue weighted by Gasteiger charge is -2.16. The molecule has 2 N–H and O–H groups in total. The van der Waals surface area contributed by atoms with Gasteiger partial charge in [0.05, 0.1) is 41.5 Å². The van der Waals surface area contributed by atoms with Crippen molar-refractivity contribution in [1.29, 1.82) is 0 Å². The predicted octanol–water partition coefficient (Wildman–Crippen LogP) is 5.77. The highest BCUT2D eigenvalue weighted by Gasteiger charge is 2.28. The van der Waals surface area contributed by atoms with E-state index in [2.05, 4.69) is 15.9 Å². The second kappa shape index (κ2) is 13.6. The molecule has 1 aliphatic heterocycles. The monoisotopic (exact) mass is 661 g/mol. The fraction of sp³-hybridized carbons (Fsp3) is 0.400. The molecule has 0 radical (unpaired) electrons. The molecular weight excluding hydrogens is 630 g/mol. The number of fused-ring (bicyclic) bond motifs is 2. The van der Waals surface area contributed by atoms with Crippen LogP contribution < -0.4 is 14.2 Å². The van der Waals surface area contributed by atoms with Gasteiger partial charge < -0.3 is 29.3 Å². The molecule has 10 nitrogen and oxygen atoms in total. The molecule has 12 heteroatoms. The van der Waals surface area contributed by atoms with Gasteiger partial charge in [-0.05, 0) is 62.8 Å². The molecule has 2 aromatic carbocycles. The molecule has 224 valence electrons. The first-order valence-corrected chi connectivity index (χ1v) is 15.0. The first-order valence-electron chi connectivity index (χ1n) is 13.4. The van der Waals surface area contributed by atoms with Gasteiger partial charge in [-0.2, -0.15) is 0 Å².